The average Bonchev–Trinajstić information content (AvgIpc) is 2.16. The first-order chi connectivity index (χ1) is 6.60. The van der Waals surface area contributed by atoms with E-state index in [9.17, 15) is 9.59 Å². The fourth-order valence-electron chi connectivity index (χ4n) is 1.13. The van der Waals surface area contributed by atoms with Gasteiger partial charge in [-0.3, -0.25) is 9.59 Å². The Hall–Kier alpha value is -1.35. The van der Waals surface area contributed by atoms with Crippen molar-refractivity contribution in [3.05, 3.63) is 28.3 Å². The fraction of sp³-hybridized carbons (Fsp3) is 0.200. The lowest BCUT2D eigenvalue weighted by molar-refractivity contribution is 0.100. The van der Waals surface area contributed by atoms with E-state index in [1.807, 2.05) is 0 Å². The molecule has 74 valence electrons. The van der Waals surface area contributed by atoms with Crippen LogP contribution in [0.5, 0.6) is 5.75 Å². The van der Waals surface area contributed by atoms with E-state index < -0.39 is 0 Å². The second-order valence-electron chi connectivity index (χ2n) is 2.75. The van der Waals surface area contributed by atoms with Crippen molar-refractivity contribution in [2.24, 2.45) is 0 Å². The van der Waals surface area contributed by atoms with Gasteiger partial charge < -0.3 is 4.74 Å². The molecule has 0 aliphatic carbocycles. The molecule has 0 amide bonds. The Balaban J connectivity index is 3.39. The van der Waals surface area contributed by atoms with Crippen LogP contribution in [-0.4, -0.2) is 19.2 Å². The van der Waals surface area contributed by atoms with Crippen LogP contribution in [0.15, 0.2) is 12.1 Å². The molecule has 0 radical (unpaired) electrons. The maximum Gasteiger partial charge on any atom is 0.160 e. The molecule has 4 heteroatoms. The number of ether oxygens (including phenoxy) is 1. The van der Waals surface area contributed by atoms with Gasteiger partial charge in [0.05, 0.1) is 12.1 Å². The van der Waals surface area contributed by atoms with Crippen molar-refractivity contribution in [3.63, 3.8) is 0 Å². The van der Waals surface area contributed by atoms with E-state index in [1.165, 1.54) is 26.2 Å². The van der Waals surface area contributed by atoms with Gasteiger partial charge in [-0.2, -0.15) is 0 Å². The molecule has 0 aliphatic rings. The molecule has 0 heterocycles. The number of aldehydes is 1. The minimum atomic E-state index is -0.193. The summed E-state index contributed by atoms with van der Waals surface area (Å²) in [5.41, 5.74) is 0.601. The van der Waals surface area contributed by atoms with Crippen molar-refractivity contribution >= 4 is 23.7 Å². The topological polar surface area (TPSA) is 43.4 Å². The highest BCUT2D eigenvalue weighted by molar-refractivity contribution is 6.32. The van der Waals surface area contributed by atoms with E-state index in [1.54, 1.807) is 0 Å². The summed E-state index contributed by atoms with van der Waals surface area (Å²) >= 11 is 5.79. The van der Waals surface area contributed by atoms with Crippen LogP contribution < -0.4 is 4.74 Å². The second kappa shape index (κ2) is 4.24. The van der Waals surface area contributed by atoms with Crippen LogP contribution >= 0.6 is 11.6 Å². The quantitative estimate of drug-likeness (QED) is 0.571. The van der Waals surface area contributed by atoms with Gasteiger partial charge in [0.15, 0.2) is 12.1 Å². The van der Waals surface area contributed by atoms with Crippen molar-refractivity contribution in [2.75, 3.05) is 7.11 Å². The molecule has 0 bridgehead atoms. The minimum Gasteiger partial charge on any atom is -0.495 e. The van der Waals surface area contributed by atoms with E-state index in [0.717, 1.165) is 0 Å². The molecule has 3 nitrogen and oxygen atoms in total. The molecule has 0 aliphatic heterocycles. The standard InChI is InChI=1S/C10H9ClO3/c1-6(13)8-4-10(14-2)9(11)3-7(8)5-12/h3-5H,1-2H3. The molecule has 0 saturated heterocycles. The first-order valence-electron chi connectivity index (χ1n) is 3.93. The number of methoxy groups -OCH3 is 1. The molecule has 0 aromatic heterocycles. The summed E-state index contributed by atoms with van der Waals surface area (Å²) < 4.78 is 4.94. The van der Waals surface area contributed by atoms with Gasteiger partial charge in [0, 0.05) is 11.1 Å². The summed E-state index contributed by atoms with van der Waals surface area (Å²) in [4.78, 5) is 21.8. The largest absolute Gasteiger partial charge is 0.495 e. The molecule has 0 atom stereocenters. The number of hydrogen-bond donors (Lipinski definition) is 0. The predicted molar refractivity (Wildman–Crippen MR) is 53.4 cm³/mol. The van der Waals surface area contributed by atoms with Gasteiger partial charge in [0.1, 0.15) is 5.75 Å². The van der Waals surface area contributed by atoms with Crippen molar-refractivity contribution in [1.82, 2.24) is 0 Å². The van der Waals surface area contributed by atoms with Gasteiger partial charge in [-0.05, 0) is 19.1 Å². The Morgan fingerprint density at radius 1 is 1.50 bits per heavy atom. The smallest absolute Gasteiger partial charge is 0.160 e. The second-order valence-corrected chi connectivity index (χ2v) is 3.16. The van der Waals surface area contributed by atoms with Crippen molar-refractivity contribution in [1.29, 1.82) is 0 Å². The average molecular weight is 213 g/mol. The van der Waals surface area contributed by atoms with Crippen LogP contribution in [-0.2, 0) is 0 Å². The Morgan fingerprint density at radius 2 is 2.14 bits per heavy atom. The van der Waals surface area contributed by atoms with Gasteiger partial charge in [-0.15, -0.1) is 0 Å². The van der Waals surface area contributed by atoms with Crippen LogP contribution in [0.4, 0.5) is 0 Å². The van der Waals surface area contributed by atoms with E-state index in [0.29, 0.717) is 22.6 Å². The molecular formula is C10H9ClO3. The Bertz CT molecular complexity index is 385. The fourth-order valence-corrected chi connectivity index (χ4v) is 1.38. The lowest BCUT2D eigenvalue weighted by atomic mass is 10.1. The normalized spacial score (nSPS) is 9.64. The SMILES string of the molecule is COc1cc(C(C)=O)c(C=O)cc1Cl. The summed E-state index contributed by atoms with van der Waals surface area (Å²) in [6.07, 6.45) is 0.599. The number of ketones is 1. The van der Waals surface area contributed by atoms with E-state index in [4.69, 9.17) is 16.3 Å². The maximum absolute atomic E-state index is 11.1. The zero-order valence-corrected chi connectivity index (χ0v) is 8.59. The lowest BCUT2D eigenvalue weighted by Gasteiger charge is -2.06. The summed E-state index contributed by atoms with van der Waals surface area (Å²) in [6.45, 7) is 1.38. The van der Waals surface area contributed by atoms with Crippen LogP contribution in [0, 0.1) is 0 Å². The van der Waals surface area contributed by atoms with Crippen LogP contribution in [0.3, 0.4) is 0 Å². The highest BCUT2D eigenvalue weighted by atomic mass is 35.5. The third kappa shape index (κ3) is 1.93. The third-order valence-electron chi connectivity index (χ3n) is 1.83. The summed E-state index contributed by atoms with van der Waals surface area (Å²) in [6, 6.07) is 2.89. The Morgan fingerprint density at radius 3 is 2.57 bits per heavy atom. The Kier molecular flexibility index (Phi) is 3.25. The number of halogens is 1. The van der Waals surface area contributed by atoms with Crippen molar-refractivity contribution in [2.45, 2.75) is 6.92 Å². The number of benzene rings is 1. The van der Waals surface area contributed by atoms with Gasteiger partial charge >= 0.3 is 0 Å². The molecule has 1 aromatic carbocycles. The Labute approximate surface area is 86.6 Å². The maximum atomic E-state index is 11.1. The summed E-state index contributed by atoms with van der Waals surface area (Å²) in [5, 5.41) is 0.319. The predicted octanol–water partition coefficient (Wildman–Crippen LogP) is 2.36. The molecule has 0 fully saturated rings. The van der Waals surface area contributed by atoms with Gasteiger partial charge in [0.25, 0.3) is 0 Å². The molecule has 0 saturated carbocycles. The molecule has 0 unspecified atom stereocenters. The van der Waals surface area contributed by atoms with Gasteiger partial charge in [-0.1, -0.05) is 11.6 Å². The first-order valence-corrected chi connectivity index (χ1v) is 4.31. The van der Waals surface area contributed by atoms with Crippen LogP contribution in [0.1, 0.15) is 27.6 Å². The van der Waals surface area contributed by atoms with Crippen LogP contribution in [0.25, 0.3) is 0 Å². The number of carbonyl (C=O) groups excluding carboxylic acids is 2. The van der Waals surface area contributed by atoms with E-state index in [2.05, 4.69) is 0 Å². The molecular weight excluding hydrogens is 204 g/mol. The molecule has 14 heavy (non-hydrogen) atoms. The molecule has 0 spiro atoms. The van der Waals surface area contributed by atoms with Gasteiger partial charge in [-0.25, -0.2) is 0 Å². The van der Waals surface area contributed by atoms with Gasteiger partial charge in [0.2, 0.25) is 0 Å². The molecule has 1 aromatic rings. The zero-order valence-electron chi connectivity index (χ0n) is 7.83. The monoisotopic (exact) mass is 212 g/mol. The third-order valence-corrected chi connectivity index (χ3v) is 2.13. The summed E-state index contributed by atoms with van der Waals surface area (Å²) in [7, 11) is 1.45. The zero-order chi connectivity index (χ0) is 10.7. The van der Waals surface area contributed by atoms with E-state index >= 15 is 0 Å². The number of rotatable bonds is 3. The van der Waals surface area contributed by atoms with Crippen LogP contribution in [0.2, 0.25) is 5.02 Å². The molecule has 1 rings (SSSR count). The highest BCUT2D eigenvalue weighted by Gasteiger charge is 2.11. The first kappa shape index (κ1) is 10.7. The number of hydrogen-bond acceptors (Lipinski definition) is 3. The van der Waals surface area contributed by atoms with E-state index in [-0.39, 0.29) is 11.3 Å². The number of Topliss-reactive ketones (excluding diaryl/α,β-unsaturated/α-hetero) is 1. The van der Waals surface area contributed by atoms with Crippen molar-refractivity contribution < 1.29 is 14.3 Å². The summed E-state index contributed by atoms with van der Waals surface area (Å²) in [5.74, 6) is 0.199. The number of carbonyl (C=O) groups is 2. The van der Waals surface area contributed by atoms with Crippen molar-refractivity contribution in [3.8, 4) is 5.75 Å². The lowest BCUT2D eigenvalue weighted by Crippen LogP contribution is -2.00. The molecule has 0 N–H and O–H groups in total. The highest BCUT2D eigenvalue weighted by Crippen LogP contribution is 2.27. The minimum absolute atomic E-state index is 0.193.